The number of carbonyl (C=O) groups is 2. The monoisotopic (exact) mass is 450 g/mol. The van der Waals surface area contributed by atoms with Crippen LogP contribution in [-0.2, 0) is 16.0 Å². The van der Waals surface area contributed by atoms with E-state index in [1.54, 1.807) is 35.6 Å². The van der Waals surface area contributed by atoms with E-state index in [-0.39, 0.29) is 12.0 Å². The van der Waals surface area contributed by atoms with Crippen molar-refractivity contribution in [2.45, 2.75) is 32.8 Å². The highest BCUT2D eigenvalue weighted by atomic mass is 32.1. The fourth-order valence-corrected chi connectivity index (χ4v) is 4.82. The van der Waals surface area contributed by atoms with E-state index in [0.717, 1.165) is 44.4 Å². The normalized spacial score (nSPS) is 13.6. The van der Waals surface area contributed by atoms with Crippen LogP contribution in [0.15, 0.2) is 35.9 Å². The van der Waals surface area contributed by atoms with Crippen molar-refractivity contribution in [2.75, 3.05) is 24.2 Å². The summed E-state index contributed by atoms with van der Waals surface area (Å²) in [4.78, 5) is 30.2. The first-order valence-corrected chi connectivity index (χ1v) is 11.2. The summed E-state index contributed by atoms with van der Waals surface area (Å²) in [7, 11) is 1.59. The largest absolute Gasteiger partial charge is 0.443 e. The molecule has 8 heteroatoms. The van der Waals surface area contributed by atoms with Crippen molar-refractivity contribution in [3.8, 4) is 11.1 Å². The number of amides is 2. The van der Waals surface area contributed by atoms with Gasteiger partial charge in [-0.25, -0.2) is 9.78 Å². The molecule has 1 aliphatic heterocycles. The molecule has 2 aromatic heterocycles. The topological polar surface area (TPSA) is 97.5 Å². The number of hydrogen-bond acceptors (Lipinski definition) is 6. The van der Waals surface area contributed by atoms with Gasteiger partial charge in [-0.05, 0) is 61.9 Å². The van der Waals surface area contributed by atoms with E-state index in [2.05, 4.69) is 21.7 Å². The highest BCUT2D eigenvalue weighted by molar-refractivity contribution is 7.18. The van der Waals surface area contributed by atoms with Crippen LogP contribution in [0.1, 0.15) is 31.9 Å². The lowest BCUT2D eigenvalue weighted by molar-refractivity contribution is -0.115. The fraction of sp³-hybridized carbons (Fsp3) is 0.292. The van der Waals surface area contributed by atoms with E-state index in [4.69, 9.17) is 10.5 Å². The Morgan fingerprint density at radius 2 is 2.09 bits per heavy atom. The molecule has 0 radical (unpaired) electrons. The summed E-state index contributed by atoms with van der Waals surface area (Å²) in [6.07, 6.45) is 5.34. The van der Waals surface area contributed by atoms with Gasteiger partial charge in [0.25, 0.3) is 0 Å². The molecule has 7 nitrogen and oxygen atoms in total. The minimum absolute atomic E-state index is 0.181. The lowest BCUT2D eigenvalue weighted by Gasteiger charge is -2.24. The summed E-state index contributed by atoms with van der Waals surface area (Å²) in [5.74, 6) is 0.268. The van der Waals surface area contributed by atoms with Crippen molar-refractivity contribution in [1.29, 1.82) is 0 Å². The maximum atomic E-state index is 12.6. The van der Waals surface area contributed by atoms with E-state index in [1.165, 1.54) is 6.08 Å². The summed E-state index contributed by atoms with van der Waals surface area (Å²) in [6.45, 7) is 6.19. The molecule has 0 bridgehead atoms. The number of rotatable bonds is 3. The number of nitrogens with two attached hydrogens (primary N) is 1. The zero-order chi connectivity index (χ0) is 23.0. The van der Waals surface area contributed by atoms with E-state index in [0.29, 0.717) is 12.4 Å². The van der Waals surface area contributed by atoms with Gasteiger partial charge in [-0.15, -0.1) is 11.3 Å². The molecule has 0 unspecified atom stereocenters. The zero-order valence-electron chi connectivity index (χ0n) is 18.6. The second-order valence-corrected chi connectivity index (χ2v) is 9.50. The minimum atomic E-state index is -0.538. The molecule has 3 N–H and O–H groups in total. The molecule has 1 aromatic carbocycles. The van der Waals surface area contributed by atoms with Crippen LogP contribution >= 0.6 is 11.3 Å². The summed E-state index contributed by atoms with van der Waals surface area (Å²) >= 11 is 1.57. The van der Waals surface area contributed by atoms with Crippen LogP contribution in [0.3, 0.4) is 0 Å². The first kappa shape index (κ1) is 21.8. The molecule has 32 heavy (non-hydrogen) atoms. The number of aromatic nitrogens is 1. The van der Waals surface area contributed by atoms with Gasteiger partial charge in [0.15, 0.2) is 0 Å². The molecule has 0 spiro atoms. The number of pyridine rings is 1. The second kappa shape index (κ2) is 8.27. The molecular formula is C24H26N4O3S. The van der Waals surface area contributed by atoms with Gasteiger partial charge in [-0.2, -0.15) is 0 Å². The molecule has 0 aliphatic carbocycles. The number of nitrogen functional groups attached to an aromatic ring is 1. The Bertz CT molecular complexity index is 1240. The van der Waals surface area contributed by atoms with Crippen molar-refractivity contribution in [3.05, 3.63) is 47.0 Å². The smallest absolute Gasteiger partial charge is 0.414 e. The Hall–Kier alpha value is -3.39. The molecule has 4 rings (SSSR count). The summed E-state index contributed by atoms with van der Waals surface area (Å²) in [5.41, 5.74) is 10.5. The van der Waals surface area contributed by atoms with Crippen LogP contribution in [0, 0.1) is 0 Å². The molecular weight excluding hydrogens is 424 g/mol. The maximum absolute atomic E-state index is 12.6. The van der Waals surface area contributed by atoms with Gasteiger partial charge in [-0.1, -0.05) is 6.07 Å². The van der Waals surface area contributed by atoms with Gasteiger partial charge in [0.2, 0.25) is 5.91 Å². The SMILES string of the molecule is CNC(=O)/C=C/c1cnc(N)c2c(-c3ccc4c(c3)CCN4C(=O)OC(C)(C)C)csc12. The van der Waals surface area contributed by atoms with Crippen LogP contribution in [0.4, 0.5) is 16.3 Å². The van der Waals surface area contributed by atoms with Gasteiger partial charge in [0, 0.05) is 47.1 Å². The highest BCUT2D eigenvalue weighted by Crippen LogP contribution is 2.41. The number of nitrogens with zero attached hydrogens (tertiary/aromatic N) is 2. The van der Waals surface area contributed by atoms with Crippen molar-refractivity contribution in [1.82, 2.24) is 10.3 Å². The quantitative estimate of drug-likeness (QED) is 0.568. The number of anilines is 2. The van der Waals surface area contributed by atoms with Crippen LogP contribution in [0.2, 0.25) is 0 Å². The van der Waals surface area contributed by atoms with Gasteiger partial charge < -0.3 is 15.8 Å². The Kier molecular flexibility index (Phi) is 5.64. The molecule has 3 heterocycles. The molecule has 0 fully saturated rings. The molecule has 166 valence electrons. The average Bonchev–Trinajstić information content (AvgIpc) is 3.36. The first-order chi connectivity index (χ1) is 15.2. The van der Waals surface area contributed by atoms with Crippen LogP contribution < -0.4 is 16.0 Å². The molecule has 1 aliphatic rings. The average molecular weight is 451 g/mol. The van der Waals surface area contributed by atoms with E-state index >= 15 is 0 Å². The van der Waals surface area contributed by atoms with Crippen LogP contribution in [0.25, 0.3) is 27.3 Å². The summed E-state index contributed by atoms with van der Waals surface area (Å²) in [5, 5.41) is 5.50. The van der Waals surface area contributed by atoms with Crippen molar-refractivity contribution < 1.29 is 14.3 Å². The summed E-state index contributed by atoms with van der Waals surface area (Å²) in [6, 6.07) is 6.06. The Balaban J connectivity index is 1.70. The van der Waals surface area contributed by atoms with Gasteiger partial charge in [0.05, 0.1) is 5.69 Å². The molecule has 2 amide bonds. The number of hydrogen-bond donors (Lipinski definition) is 2. The minimum Gasteiger partial charge on any atom is -0.443 e. The Morgan fingerprint density at radius 1 is 1.31 bits per heavy atom. The second-order valence-electron chi connectivity index (χ2n) is 8.63. The van der Waals surface area contributed by atoms with E-state index in [9.17, 15) is 9.59 Å². The van der Waals surface area contributed by atoms with Gasteiger partial charge in [-0.3, -0.25) is 9.69 Å². The molecule has 0 saturated carbocycles. The van der Waals surface area contributed by atoms with Gasteiger partial charge >= 0.3 is 6.09 Å². The number of ether oxygens (including phenoxy) is 1. The summed E-state index contributed by atoms with van der Waals surface area (Å²) < 4.78 is 6.52. The fourth-order valence-electron chi connectivity index (χ4n) is 3.74. The molecule has 0 atom stereocenters. The zero-order valence-corrected chi connectivity index (χ0v) is 19.4. The first-order valence-electron chi connectivity index (χ1n) is 10.4. The van der Waals surface area contributed by atoms with Crippen molar-refractivity contribution in [3.63, 3.8) is 0 Å². The van der Waals surface area contributed by atoms with Gasteiger partial charge in [0.1, 0.15) is 11.4 Å². The lowest BCUT2D eigenvalue weighted by Crippen LogP contribution is -2.35. The lowest BCUT2D eigenvalue weighted by atomic mass is 10.0. The maximum Gasteiger partial charge on any atom is 0.414 e. The Labute approximate surface area is 190 Å². The third kappa shape index (κ3) is 4.18. The third-order valence-electron chi connectivity index (χ3n) is 5.21. The predicted octanol–water partition coefficient (Wildman–Crippen LogP) is 4.60. The van der Waals surface area contributed by atoms with Crippen molar-refractivity contribution in [2.24, 2.45) is 0 Å². The Morgan fingerprint density at radius 3 is 2.81 bits per heavy atom. The van der Waals surface area contributed by atoms with E-state index in [1.807, 2.05) is 32.9 Å². The highest BCUT2D eigenvalue weighted by Gasteiger charge is 2.29. The number of nitrogens with one attached hydrogen (secondary N) is 1. The standard InChI is InChI=1S/C24H26N4O3S/c1-24(2,3)31-23(30)28-10-9-15-11-14(5-7-18(15)28)17-13-32-21-16(6-8-19(29)26-4)12-27-22(25)20(17)21/h5-8,11-13H,9-10H2,1-4H3,(H2,25,27)(H,26,29)/b8-6+. The number of fused-ring (bicyclic) bond motifs is 2. The number of likely N-dealkylation sites (N-methyl/N-ethyl adjacent to an activating group) is 1. The number of thiophene rings is 1. The number of benzene rings is 1. The van der Waals surface area contributed by atoms with Crippen LogP contribution in [-0.4, -0.2) is 36.2 Å². The molecule has 0 saturated heterocycles. The van der Waals surface area contributed by atoms with Crippen LogP contribution in [0.5, 0.6) is 0 Å². The number of carbonyl (C=O) groups excluding carboxylic acids is 2. The molecule has 3 aromatic rings. The third-order valence-corrected chi connectivity index (χ3v) is 6.24. The van der Waals surface area contributed by atoms with E-state index < -0.39 is 5.60 Å². The van der Waals surface area contributed by atoms with Crippen molar-refractivity contribution >= 4 is 51.0 Å². The predicted molar refractivity (Wildman–Crippen MR) is 130 cm³/mol.